The molecule has 0 aliphatic heterocycles. The van der Waals surface area contributed by atoms with Crippen LogP contribution < -0.4 is 0 Å². The van der Waals surface area contributed by atoms with Crippen LogP contribution in [0.2, 0.25) is 0 Å². The van der Waals surface area contributed by atoms with Crippen LogP contribution in [0, 0.1) is 0 Å². The fraction of sp³-hybridized carbons (Fsp3) is 0.500. The van der Waals surface area contributed by atoms with E-state index in [0.717, 1.165) is 10.8 Å². The van der Waals surface area contributed by atoms with Crippen LogP contribution in [0.4, 0.5) is 0 Å². The van der Waals surface area contributed by atoms with E-state index in [1.165, 1.54) is 0 Å². The van der Waals surface area contributed by atoms with E-state index in [1.807, 2.05) is 0 Å². The lowest BCUT2D eigenvalue weighted by molar-refractivity contribution is -0.108. The molecule has 0 aliphatic carbocycles. The summed E-state index contributed by atoms with van der Waals surface area (Å²) in [5.74, 6) is 0.272. The number of carbonyl (C=O) groups excluding carboxylic acids is 1. The molecule has 0 aliphatic rings. The van der Waals surface area contributed by atoms with E-state index in [-0.39, 0.29) is 10.9 Å². The highest BCUT2D eigenvalue weighted by atomic mass is 33.1. The van der Waals surface area contributed by atoms with Crippen LogP contribution in [0.25, 0.3) is 0 Å². The van der Waals surface area contributed by atoms with Gasteiger partial charge in [-0.1, -0.05) is 0 Å². The molecule has 0 amide bonds. The minimum atomic E-state index is -0.0123. The monoisotopic (exact) mass is 140 g/mol. The van der Waals surface area contributed by atoms with Gasteiger partial charge in [0.2, 0.25) is 5.12 Å². The molecule has 0 N–H and O–H groups in total. The zero-order valence-electron chi connectivity index (χ0n) is 2.92. The Kier molecular flexibility index (Phi) is 4.36. The summed E-state index contributed by atoms with van der Waals surface area (Å²) in [5, 5.41) is -0.0123. The molecule has 36 valence electrons. The average molecular weight is 140 g/mol. The molecule has 1 nitrogen and oxygen atoms in total. The molecule has 0 heterocycles. The highest BCUT2D eigenvalue weighted by molar-refractivity contribution is 8.75. The van der Waals surface area contributed by atoms with E-state index >= 15 is 0 Å². The second-order valence-electron chi connectivity index (χ2n) is 0.621. The van der Waals surface area contributed by atoms with Gasteiger partial charge in [-0.2, -0.15) is 12.6 Å². The normalized spacial score (nSPS) is 8.33. The first-order valence-corrected chi connectivity index (χ1v) is 3.76. The number of hydrogen-bond donors (Lipinski definition) is 2. The maximum absolute atomic E-state index is 9.99. The van der Waals surface area contributed by atoms with Crippen LogP contribution in [0.3, 0.4) is 0 Å². The summed E-state index contributed by atoms with van der Waals surface area (Å²) in [6.07, 6.45) is 0. The van der Waals surface area contributed by atoms with Gasteiger partial charge in [-0.05, 0) is 10.8 Å². The quantitative estimate of drug-likeness (QED) is 0.418. The molecule has 0 saturated carbocycles. The fourth-order valence-electron chi connectivity index (χ4n) is 0.0289. The lowest BCUT2D eigenvalue weighted by atomic mass is 10.9. The van der Waals surface area contributed by atoms with Gasteiger partial charge in [0.05, 0.1) is 5.75 Å². The third-order valence-corrected chi connectivity index (χ3v) is 1.69. The zero-order valence-corrected chi connectivity index (χ0v) is 5.52. The average Bonchev–Trinajstić information content (AvgIpc) is 1.65. The minimum absolute atomic E-state index is 0.0123. The minimum Gasteiger partial charge on any atom is -0.285 e. The molecule has 0 aromatic heterocycles. The van der Waals surface area contributed by atoms with Crippen molar-refractivity contribution in [3.05, 3.63) is 0 Å². The van der Waals surface area contributed by atoms with Gasteiger partial charge in [-0.15, -0.1) is 11.7 Å². The first-order valence-electron chi connectivity index (χ1n) is 1.26. The van der Waals surface area contributed by atoms with Gasteiger partial charge in [0.25, 0.3) is 0 Å². The van der Waals surface area contributed by atoms with Gasteiger partial charge in [0, 0.05) is 0 Å². The third kappa shape index (κ3) is 2.93. The van der Waals surface area contributed by atoms with Crippen LogP contribution in [0.5, 0.6) is 0 Å². The molecule has 0 radical (unpaired) electrons. The molecule has 0 fully saturated rings. The van der Waals surface area contributed by atoms with Crippen LogP contribution in [0.1, 0.15) is 0 Å². The van der Waals surface area contributed by atoms with Crippen LogP contribution in [-0.4, -0.2) is 10.9 Å². The molecule has 0 unspecified atom stereocenters. The van der Waals surface area contributed by atoms with Gasteiger partial charge in [0.1, 0.15) is 0 Å². The number of carbonyl (C=O) groups is 1. The van der Waals surface area contributed by atoms with Gasteiger partial charge in [0.15, 0.2) is 0 Å². The Morgan fingerprint density at radius 1 is 1.83 bits per heavy atom. The Balaban J connectivity index is 2.99. The van der Waals surface area contributed by atoms with E-state index in [9.17, 15) is 4.79 Å². The SMILES string of the molecule is O=C(CS)SS. The van der Waals surface area contributed by atoms with Crippen LogP contribution in [-0.2, 0) is 4.79 Å². The van der Waals surface area contributed by atoms with Gasteiger partial charge >= 0.3 is 0 Å². The van der Waals surface area contributed by atoms with Crippen molar-refractivity contribution in [2.24, 2.45) is 0 Å². The van der Waals surface area contributed by atoms with E-state index in [0.29, 0.717) is 0 Å². The summed E-state index contributed by atoms with van der Waals surface area (Å²) in [6.45, 7) is 0. The van der Waals surface area contributed by atoms with E-state index in [1.54, 1.807) is 0 Å². The van der Waals surface area contributed by atoms with E-state index < -0.39 is 0 Å². The zero-order chi connectivity index (χ0) is 4.99. The smallest absolute Gasteiger partial charge is 0.208 e. The molecule has 0 bridgehead atoms. The molecule has 0 aromatic carbocycles. The van der Waals surface area contributed by atoms with Crippen molar-refractivity contribution in [2.75, 3.05) is 5.75 Å². The summed E-state index contributed by atoms with van der Waals surface area (Å²) in [4.78, 5) is 9.99. The second-order valence-corrected chi connectivity index (χ2v) is 2.12. The first kappa shape index (κ1) is 6.72. The molecular formula is C2H4OS3. The highest BCUT2D eigenvalue weighted by Crippen LogP contribution is 2.05. The topological polar surface area (TPSA) is 17.1 Å². The van der Waals surface area contributed by atoms with Crippen molar-refractivity contribution in [1.82, 2.24) is 0 Å². The lowest BCUT2D eigenvalue weighted by Gasteiger charge is -1.79. The Morgan fingerprint density at radius 3 is 2.33 bits per heavy atom. The van der Waals surface area contributed by atoms with Crippen molar-refractivity contribution < 1.29 is 4.79 Å². The van der Waals surface area contributed by atoms with Crippen molar-refractivity contribution in [1.29, 1.82) is 0 Å². The third-order valence-electron chi connectivity index (χ3n) is 0.231. The number of thiol groups is 2. The number of rotatable bonds is 1. The molecule has 0 rings (SSSR count). The fourth-order valence-corrected chi connectivity index (χ4v) is 0.779. The Hall–Kier alpha value is 0.720. The predicted molar refractivity (Wildman–Crippen MR) is 35.4 cm³/mol. The highest BCUT2D eigenvalue weighted by Gasteiger charge is 1.89. The Morgan fingerprint density at radius 2 is 2.33 bits per heavy atom. The lowest BCUT2D eigenvalue weighted by Crippen LogP contribution is -1.85. The number of hydrogen-bond acceptors (Lipinski definition) is 4. The second kappa shape index (κ2) is 3.89. The Labute approximate surface area is 51.1 Å². The summed E-state index contributed by atoms with van der Waals surface area (Å²) in [7, 11) is 0.904. The van der Waals surface area contributed by atoms with Crippen molar-refractivity contribution in [3.8, 4) is 0 Å². The molecule has 0 aromatic rings. The van der Waals surface area contributed by atoms with Crippen molar-refractivity contribution in [2.45, 2.75) is 0 Å². The van der Waals surface area contributed by atoms with Gasteiger partial charge < -0.3 is 0 Å². The summed E-state index contributed by atoms with van der Waals surface area (Å²) in [6, 6.07) is 0. The molecule has 6 heavy (non-hydrogen) atoms. The summed E-state index contributed by atoms with van der Waals surface area (Å²) < 4.78 is 0. The summed E-state index contributed by atoms with van der Waals surface area (Å²) >= 11 is 7.29. The van der Waals surface area contributed by atoms with E-state index in [4.69, 9.17) is 0 Å². The van der Waals surface area contributed by atoms with Crippen LogP contribution >= 0.6 is 35.1 Å². The standard InChI is InChI=1S/C2H4OS3/c3-2(1-4)6-5/h4-5H,1H2. The largest absolute Gasteiger partial charge is 0.285 e. The maximum atomic E-state index is 9.99. The molecule has 0 saturated heterocycles. The van der Waals surface area contributed by atoms with Crippen LogP contribution in [0.15, 0.2) is 0 Å². The molecule has 0 atom stereocenters. The molecule has 4 heteroatoms. The molecular weight excluding hydrogens is 136 g/mol. The van der Waals surface area contributed by atoms with E-state index in [2.05, 4.69) is 24.3 Å². The molecule has 0 spiro atoms. The Bertz CT molecular complexity index is 46.8. The predicted octanol–water partition coefficient (Wildman–Crippen LogP) is 1.02. The van der Waals surface area contributed by atoms with Gasteiger partial charge in [-0.3, -0.25) is 4.79 Å². The van der Waals surface area contributed by atoms with Crippen molar-refractivity contribution in [3.63, 3.8) is 0 Å². The first-order chi connectivity index (χ1) is 2.81. The van der Waals surface area contributed by atoms with Gasteiger partial charge in [-0.25, -0.2) is 0 Å². The maximum Gasteiger partial charge on any atom is 0.208 e. The van der Waals surface area contributed by atoms with Crippen molar-refractivity contribution >= 4 is 40.2 Å². The summed E-state index contributed by atoms with van der Waals surface area (Å²) in [5.41, 5.74) is 0.